The molecular formula is C9H15NO5S. The highest BCUT2D eigenvalue weighted by molar-refractivity contribution is 7.90. The van der Waals surface area contributed by atoms with E-state index in [1.807, 2.05) is 6.92 Å². The van der Waals surface area contributed by atoms with E-state index in [0.717, 1.165) is 0 Å². The van der Waals surface area contributed by atoms with Gasteiger partial charge in [0.05, 0.1) is 24.9 Å². The molecule has 3 aliphatic rings. The molecular weight excluding hydrogens is 234 g/mol. The predicted molar refractivity (Wildman–Crippen MR) is 54.1 cm³/mol. The van der Waals surface area contributed by atoms with Gasteiger partial charge in [0, 0.05) is 12.3 Å². The highest BCUT2D eigenvalue weighted by Crippen LogP contribution is 2.59. The van der Waals surface area contributed by atoms with E-state index in [-0.39, 0.29) is 25.6 Å². The zero-order valence-electron chi connectivity index (χ0n) is 8.88. The molecule has 0 amide bonds. The molecule has 5 unspecified atom stereocenters. The fourth-order valence-electron chi connectivity index (χ4n) is 3.55. The van der Waals surface area contributed by atoms with Crippen LogP contribution in [0.5, 0.6) is 0 Å². The summed E-state index contributed by atoms with van der Waals surface area (Å²) in [6.07, 6.45) is 0.261. The first-order valence-electron chi connectivity index (χ1n) is 5.35. The molecule has 3 rings (SSSR count). The molecule has 0 saturated carbocycles. The minimum absolute atomic E-state index is 0.127. The summed E-state index contributed by atoms with van der Waals surface area (Å²) in [5.41, 5.74) is -1.87. The van der Waals surface area contributed by atoms with E-state index >= 15 is 0 Å². The van der Waals surface area contributed by atoms with Gasteiger partial charge in [-0.15, -0.1) is 0 Å². The van der Waals surface area contributed by atoms with Gasteiger partial charge in [-0.3, -0.25) is 0 Å². The zero-order chi connectivity index (χ0) is 11.8. The van der Waals surface area contributed by atoms with Gasteiger partial charge in [-0.25, -0.2) is 13.1 Å². The molecule has 3 heterocycles. The Labute approximate surface area is 93.7 Å². The summed E-state index contributed by atoms with van der Waals surface area (Å²) in [7, 11) is -3.43. The Morgan fingerprint density at radius 3 is 2.62 bits per heavy atom. The second kappa shape index (κ2) is 2.78. The Balaban J connectivity index is 2.17. The van der Waals surface area contributed by atoms with E-state index < -0.39 is 32.5 Å². The van der Waals surface area contributed by atoms with E-state index in [9.17, 15) is 18.6 Å². The minimum atomic E-state index is -3.43. The van der Waals surface area contributed by atoms with Crippen LogP contribution in [0.3, 0.4) is 0 Å². The molecule has 16 heavy (non-hydrogen) atoms. The fourth-order valence-corrected chi connectivity index (χ4v) is 5.77. The van der Waals surface area contributed by atoms with Crippen LogP contribution in [0.25, 0.3) is 0 Å². The number of rotatable bonds is 2. The maximum Gasteiger partial charge on any atom is 0.217 e. The first kappa shape index (κ1) is 10.9. The van der Waals surface area contributed by atoms with Gasteiger partial charge in [-0.1, -0.05) is 6.92 Å². The maximum absolute atomic E-state index is 11.9. The van der Waals surface area contributed by atoms with Crippen LogP contribution in [-0.2, 0) is 14.8 Å². The van der Waals surface area contributed by atoms with Crippen LogP contribution in [0.2, 0.25) is 0 Å². The van der Waals surface area contributed by atoms with Crippen LogP contribution in [-0.4, -0.2) is 54.3 Å². The predicted octanol–water partition coefficient (Wildman–Crippen LogP) is -1.81. The average Bonchev–Trinajstić information content (AvgIpc) is 2.76. The summed E-state index contributed by atoms with van der Waals surface area (Å²) >= 11 is 0. The molecule has 0 spiro atoms. The molecule has 3 aliphatic heterocycles. The largest absolute Gasteiger partial charge is 0.393 e. The lowest BCUT2D eigenvalue weighted by atomic mass is 9.72. The molecule has 2 bridgehead atoms. The lowest BCUT2D eigenvalue weighted by Gasteiger charge is -2.31. The second-order valence-electron chi connectivity index (χ2n) is 5.06. The standard InChI is InChI=1S/C9H15NO5S/c1-5-7-9(4-12)6(16(13,14)10-7)2-8(5,3-11)15-9/h5-7,10-12H,2-4H2,1H3. The Kier molecular flexibility index (Phi) is 1.90. The quantitative estimate of drug-likeness (QED) is 0.536. The third-order valence-corrected chi connectivity index (χ3v) is 6.40. The van der Waals surface area contributed by atoms with Gasteiger partial charge in [0.15, 0.2) is 0 Å². The monoisotopic (exact) mass is 249 g/mol. The molecule has 0 aromatic heterocycles. The molecule has 3 saturated heterocycles. The van der Waals surface area contributed by atoms with Gasteiger partial charge < -0.3 is 14.9 Å². The van der Waals surface area contributed by atoms with E-state index in [0.29, 0.717) is 0 Å². The van der Waals surface area contributed by atoms with Gasteiger partial charge in [-0.2, -0.15) is 0 Å². The highest BCUT2D eigenvalue weighted by Gasteiger charge is 2.77. The number of sulfonamides is 1. The van der Waals surface area contributed by atoms with Gasteiger partial charge >= 0.3 is 0 Å². The number of aliphatic hydroxyl groups is 2. The molecule has 3 N–H and O–H groups in total. The van der Waals surface area contributed by atoms with Crippen LogP contribution in [0.15, 0.2) is 0 Å². The van der Waals surface area contributed by atoms with E-state index in [1.165, 1.54) is 0 Å². The fraction of sp³-hybridized carbons (Fsp3) is 1.00. The molecule has 0 aromatic rings. The first-order valence-corrected chi connectivity index (χ1v) is 6.89. The summed E-state index contributed by atoms with van der Waals surface area (Å²) in [5, 5.41) is 18.2. The Morgan fingerprint density at radius 2 is 2.12 bits per heavy atom. The summed E-state index contributed by atoms with van der Waals surface area (Å²) in [4.78, 5) is 0. The third kappa shape index (κ3) is 0.910. The van der Waals surface area contributed by atoms with Crippen molar-refractivity contribution < 1.29 is 23.4 Å². The van der Waals surface area contributed by atoms with Crippen molar-refractivity contribution in [2.45, 2.75) is 35.8 Å². The Morgan fingerprint density at radius 1 is 1.44 bits per heavy atom. The molecule has 0 aromatic carbocycles. The van der Waals surface area contributed by atoms with Gasteiger partial charge in [0.25, 0.3) is 0 Å². The van der Waals surface area contributed by atoms with Crippen molar-refractivity contribution in [3.05, 3.63) is 0 Å². The highest BCUT2D eigenvalue weighted by atomic mass is 32.2. The van der Waals surface area contributed by atoms with E-state index in [1.54, 1.807) is 0 Å². The number of hydrogen-bond donors (Lipinski definition) is 3. The number of aliphatic hydroxyl groups excluding tert-OH is 2. The second-order valence-corrected chi connectivity index (χ2v) is 6.95. The average molecular weight is 249 g/mol. The van der Waals surface area contributed by atoms with Crippen molar-refractivity contribution in [3.8, 4) is 0 Å². The van der Waals surface area contributed by atoms with Crippen molar-refractivity contribution in [1.29, 1.82) is 0 Å². The molecule has 6 nitrogen and oxygen atoms in total. The molecule has 3 fully saturated rings. The maximum atomic E-state index is 11.9. The zero-order valence-corrected chi connectivity index (χ0v) is 9.70. The van der Waals surface area contributed by atoms with Crippen LogP contribution in [0.4, 0.5) is 0 Å². The van der Waals surface area contributed by atoms with Crippen LogP contribution in [0.1, 0.15) is 13.3 Å². The molecule has 0 radical (unpaired) electrons. The normalized spacial score (nSPS) is 57.1. The number of ether oxygens (including phenoxy) is 1. The third-order valence-electron chi connectivity index (χ3n) is 4.51. The lowest BCUT2D eigenvalue weighted by molar-refractivity contribution is -0.0996. The van der Waals surface area contributed by atoms with Crippen molar-refractivity contribution in [2.24, 2.45) is 5.92 Å². The van der Waals surface area contributed by atoms with Gasteiger partial charge in [0.1, 0.15) is 10.9 Å². The molecule has 5 atom stereocenters. The lowest BCUT2D eigenvalue weighted by Crippen LogP contribution is -2.52. The van der Waals surface area contributed by atoms with Gasteiger partial charge in [-0.05, 0) is 0 Å². The van der Waals surface area contributed by atoms with E-state index in [4.69, 9.17) is 4.74 Å². The molecule has 0 aliphatic carbocycles. The summed E-state index contributed by atoms with van der Waals surface area (Å²) in [6, 6.07) is -0.423. The van der Waals surface area contributed by atoms with Crippen LogP contribution >= 0.6 is 0 Å². The molecule has 7 heteroatoms. The smallest absolute Gasteiger partial charge is 0.217 e. The summed E-state index contributed by atoms with van der Waals surface area (Å²) < 4.78 is 32.0. The topological polar surface area (TPSA) is 95.9 Å². The van der Waals surface area contributed by atoms with Crippen LogP contribution < -0.4 is 4.72 Å². The van der Waals surface area contributed by atoms with Crippen molar-refractivity contribution in [1.82, 2.24) is 4.72 Å². The van der Waals surface area contributed by atoms with Crippen molar-refractivity contribution in [3.63, 3.8) is 0 Å². The number of hydrogen-bond acceptors (Lipinski definition) is 5. The minimum Gasteiger partial charge on any atom is -0.393 e. The SMILES string of the molecule is CC1C2NS(=O)(=O)C3CC1(CO)OC23CO. The summed E-state index contributed by atoms with van der Waals surface area (Å²) in [5.74, 6) is -0.127. The van der Waals surface area contributed by atoms with E-state index in [2.05, 4.69) is 4.72 Å². The Bertz CT molecular complexity index is 437. The summed E-state index contributed by atoms with van der Waals surface area (Å²) in [6.45, 7) is 1.31. The van der Waals surface area contributed by atoms with Gasteiger partial charge in [0.2, 0.25) is 10.0 Å². The van der Waals surface area contributed by atoms with Crippen LogP contribution in [0, 0.1) is 5.92 Å². The number of nitrogens with one attached hydrogen (secondary N) is 1. The first-order chi connectivity index (χ1) is 7.42. The number of fused-ring (bicyclic) bond motifs is 1. The van der Waals surface area contributed by atoms with Crippen molar-refractivity contribution >= 4 is 10.0 Å². The van der Waals surface area contributed by atoms with Crippen molar-refractivity contribution in [2.75, 3.05) is 13.2 Å². The molecule has 92 valence electrons. The Hall–Kier alpha value is -0.210.